The zero-order chi connectivity index (χ0) is 12.0. The molecule has 0 aromatic rings. The van der Waals surface area contributed by atoms with Crippen LogP contribution in [0.25, 0.3) is 0 Å². The van der Waals surface area contributed by atoms with Crippen LogP contribution in [0.5, 0.6) is 0 Å². The van der Waals surface area contributed by atoms with E-state index in [1.165, 1.54) is 35.5 Å². The fourth-order valence-corrected chi connectivity index (χ4v) is 4.65. The highest BCUT2D eigenvalue weighted by molar-refractivity contribution is 8.04. The first-order chi connectivity index (χ1) is 8.18. The third kappa shape index (κ3) is 1.79. The van der Waals surface area contributed by atoms with Gasteiger partial charge in [0.1, 0.15) is 5.37 Å². The van der Waals surface area contributed by atoms with Gasteiger partial charge in [-0.25, -0.2) is 0 Å². The van der Waals surface area contributed by atoms with Crippen molar-refractivity contribution in [1.82, 2.24) is 0 Å². The molecule has 0 bridgehead atoms. The summed E-state index contributed by atoms with van der Waals surface area (Å²) >= 11 is 1.88. The fraction of sp³-hybridized carbons (Fsp3) is 0.714. The van der Waals surface area contributed by atoms with Crippen molar-refractivity contribution in [3.8, 4) is 0 Å². The van der Waals surface area contributed by atoms with Gasteiger partial charge in [0, 0.05) is 17.3 Å². The van der Waals surface area contributed by atoms with Gasteiger partial charge in [-0.15, -0.1) is 11.8 Å². The Labute approximate surface area is 107 Å². The molecular formula is C14H20N2S. The molecule has 0 radical (unpaired) electrons. The quantitative estimate of drug-likeness (QED) is 0.690. The fourth-order valence-electron chi connectivity index (χ4n) is 3.30. The highest BCUT2D eigenvalue weighted by atomic mass is 32.2. The first-order valence-electron chi connectivity index (χ1n) is 6.67. The first-order valence-corrected chi connectivity index (χ1v) is 7.55. The van der Waals surface area contributed by atoms with Crippen molar-refractivity contribution >= 4 is 23.2 Å². The predicted octanol–water partition coefficient (Wildman–Crippen LogP) is 4.02. The molecule has 1 N–H and O–H groups in total. The molecule has 0 amide bonds. The van der Waals surface area contributed by atoms with E-state index >= 15 is 0 Å². The Bertz CT molecular complexity index is 422. The number of hydrogen-bond donors (Lipinski definition) is 1. The van der Waals surface area contributed by atoms with Crippen LogP contribution in [0.1, 0.15) is 46.0 Å². The minimum Gasteiger partial charge on any atom is -0.308 e. The van der Waals surface area contributed by atoms with Gasteiger partial charge >= 0.3 is 0 Å². The molecule has 0 aromatic heterocycles. The van der Waals surface area contributed by atoms with Crippen LogP contribution in [0.4, 0.5) is 0 Å². The van der Waals surface area contributed by atoms with Crippen molar-refractivity contribution in [2.75, 3.05) is 0 Å². The van der Waals surface area contributed by atoms with Crippen LogP contribution >= 0.6 is 11.8 Å². The zero-order valence-electron chi connectivity index (χ0n) is 10.6. The van der Waals surface area contributed by atoms with Crippen LogP contribution < -0.4 is 0 Å². The lowest BCUT2D eigenvalue weighted by atomic mass is 9.79. The maximum atomic E-state index is 8.53. The van der Waals surface area contributed by atoms with E-state index in [1.54, 1.807) is 0 Å². The number of fused-ring (bicyclic) bond motifs is 2. The monoisotopic (exact) mass is 248 g/mol. The van der Waals surface area contributed by atoms with Gasteiger partial charge in [0.05, 0.1) is 5.92 Å². The van der Waals surface area contributed by atoms with Crippen molar-refractivity contribution < 1.29 is 0 Å². The first kappa shape index (κ1) is 11.5. The summed E-state index contributed by atoms with van der Waals surface area (Å²) in [5.41, 5.74) is 3.70. The van der Waals surface area contributed by atoms with E-state index in [4.69, 9.17) is 10.4 Å². The van der Waals surface area contributed by atoms with Crippen LogP contribution in [0, 0.1) is 17.2 Å². The largest absolute Gasteiger partial charge is 0.308 e. The second kappa shape index (κ2) is 4.27. The zero-order valence-corrected chi connectivity index (χ0v) is 11.4. The summed E-state index contributed by atoms with van der Waals surface area (Å²) in [6, 6.07) is 0. The van der Waals surface area contributed by atoms with Crippen molar-refractivity contribution in [3.05, 3.63) is 10.5 Å². The Morgan fingerprint density at radius 3 is 2.88 bits per heavy atom. The molecule has 3 rings (SSSR count). The van der Waals surface area contributed by atoms with Gasteiger partial charge in [0.2, 0.25) is 0 Å². The summed E-state index contributed by atoms with van der Waals surface area (Å²) in [5.74, 6) is 0.687. The van der Waals surface area contributed by atoms with Gasteiger partial charge in [0.25, 0.3) is 0 Å². The molecule has 0 saturated heterocycles. The van der Waals surface area contributed by atoms with Gasteiger partial charge in [-0.3, -0.25) is 4.99 Å². The molecule has 3 aliphatic rings. The summed E-state index contributed by atoms with van der Waals surface area (Å²) in [6.45, 7) is 4.38. The molecule has 1 fully saturated rings. The van der Waals surface area contributed by atoms with E-state index < -0.39 is 0 Å². The average Bonchev–Trinajstić information content (AvgIpc) is 2.51. The van der Waals surface area contributed by atoms with Gasteiger partial charge < -0.3 is 5.41 Å². The Balaban J connectivity index is 1.97. The van der Waals surface area contributed by atoms with Gasteiger partial charge in [-0.05, 0) is 38.0 Å². The van der Waals surface area contributed by atoms with Gasteiger partial charge in [-0.2, -0.15) is 0 Å². The Kier molecular flexibility index (Phi) is 2.89. The van der Waals surface area contributed by atoms with Crippen molar-refractivity contribution in [2.45, 2.75) is 51.3 Å². The standard InChI is InChI=1S/C14H20N2S/c1-8-9(2)17-14-12(8)13(15)10-6-4-3-5-7-11(10)16-14/h10,12,14-15H,3-7H2,1-2H3. The van der Waals surface area contributed by atoms with Gasteiger partial charge in [-0.1, -0.05) is 18.4 Å². The number of thioether (sulfide) groups is 1. The second-order valence-corrected chi connectivity index (χ2v) is 6.78. The molecule has 3 heteroatoms. The van der Waals surface area contributed by atoms with Crippen molar-refractivity contribution in [2.24, 2.45) is 16.8 Å². The normalized spacial score (nSPS) is 37.4. The predicted molar refractivity (Wildman–Crippen MR) is 75.0 cm³/mol. The Morgan fingerprint density at radius 1 is 1.24 bits per heavy atom. The lowest BCUT2D eigenvalue weighted by Crippen LogP contribution is -2.38. The van der Waals surface area contributed by atoms with E-state index in [-0.39, 0.29) is 0 Å². The lowest BCUT2D eigenvalue weighted by molar-refractivity contribution is 0.630. The topological polar surface area (TPSA) is 36.2 Å². The third-order valence-electron chi connectivity index (χ3n) is 4.44. The van der Waals surface area contributed by atoms with Crippen LogP contribution in [0.2, 0.25) is 0 Å². The van der Waals surface area contributed by atoms with E-state index in [0.717, 1.165) is 18.6 Å². The molecule has 2 heterocycles. The number of nitrogens with zero attached hydrogens (tertiary/aromatic N) is 1. The number of hydrogen-bond acceptors (Lipinski definition) is 3. The number of rotatable bonds is 0. The molecule has 0 aromatic carbocycles. The summed E-state index contributed by atoms with van der Waals surface area (Å²) in [7, 11) is 0. The van der Waals surface area contributed by atoms with Crippen molar-refractivity contribution in [1.29, 1.82) is 5.41 Å². The van der Waals surface area contributed by atoms with Crippen LogP contribution in [-0.2, 0) is 0 Å². The molecule has 17 heavy (non-hydrogen) atoms. The third-order valence-corrected chi connectivity index (χ3v) is 5.73. The number of nitrogens with one attached hydrogen (secondary N) is 1. The molecule has 3 unspecified atom stereocenters. The lowest BCUT2D eigenvalue weighted by Gasteiger charge is -2.31. The molecular weight excluding hydrogens is 228 g/mol. The molecule has 3 atom stereocenters. The molecule has 1 saturated carbocycles. The maximum Gasteiger partial charge on any atom is 0.111 e. The SMILES string of the molecule is CC1=C(C)C2C(=N)C3CCCCCC3=NC2S1. The molecule has 92 valence electrons. The minimum atomic E-state index is 0.298. The summed E-state index contributed by atoms with van der Waals surface area (Å²) in [5, 5.41) is 8.83. The number of allylic oxidation sites excluding steroid dienone is 1. The molecule has 2 aliphatic heterocycles. The van der Waals surface area contributed by atoms with E-state index in [1.807, 2.05) is 11.8 Å². The summed E-state index contributed by atoms with van der Waals surface area (Å²) in [4.78, 5) is 6.37. The smallest absolute Gasteiger partial charge is 0.111 e. The van der Waals surface area contributed by atoms with Gasteiger partial charge in [0.15, 0.2) is 0 Å². The highest BCUT2D eigenvalue weighted by Gasteiger charge is 2.42. The molecule has 2 nitrogen and oxygen atoms in total. The van der Waals surface area contributed by atoms with Crippen LogP contribution in [-0.4, -0.2) is 16.8 Å². The Hall–Kier alpha value is -0.570. The van der Waals surface area contributed by atoms with Crippen molar-refractivity contribution in [3.63, 3.8) is 0 Å². The molecule has 0 spiro atoms. The van der Waals surface area contributed by atoms with E-state index in [2.05, 4.69) is 13.8 Å². The minimum absolute atomic E-state index is 0.298. The van der Waals surface area contributed by atoms with Crippen LogP contribution in [0.15, 0.2) is 15.5 Å². The summed E-state index contributed by atoms with van der Waals surface area (Å²) < 4.78 is 0. The average molecular weight is 248 g/mol. The van der Waals surface area contributed by atoms with Crippen LogP contribution in [0.3, 0.4) is 0 Å². The Morgan fingerprint density at radius 2 is 2.06 bits per heavy atom. The molecule has 1 aliphatic carbocycles. The summed E-state index contributed by atoms with van der Waals surface area (Å²) in [6.07, 6.45) is 6.17. The second-order valence-electron chi connectivity index (χ2n) is 5.45. The van der Waals surface area contributed by atoms with E-state index in [9.17, 15) is 0 Å². The number of aliphatic imine (C=N–C) groups is 1. The van der Waals surface area contributed by atoms with E-state index in [0.29, 0.717) is 17.2 Å². The highest BCUT2D eigenvalue weighted by Crippen LogP contribution is 2.47. The maximum absolute atomic E-state index is 8.53.